The Bertz CT molecular complexity index is 1520. The average molecular weight is 564 g/mol. The molecule has 200 valence electrons. The number of ether oxygens (including phenoxy) is 2. The molecule has 39 heavy (non-hydrogen) atoms. The molecule has 0 radical (unpaired) electrons. The van der Waals surface area contributed by atoms with E-state index in [9.17, 15) is 9.59 Å². The van der Waals surface area contributed by atoms with Crippen molar-refractivity contribution in [1.82, 2.24) is 15.6 Å². The minimum atomic E-state index is -0.274. The minimum absolute atomic E-state index is 0.134. The van der Waals surface area contributed by atoms with E-state index in [-0.39, 0.29) is 31.6 Å². The SMILES string of the molecule is CNC(=O)c1ccc(C=CC(=O)NCCOc2ccc(Cl)c(COc3cccc4ccc(C)nc34)c2Cl)cc1. The second-order valence-electron chi connectivity index (χ2n) is 8.58. The Morgan fingerprint density at radius 1 is 0.949 bits per heavy atom. The van der Waals surface area contributed by atoms with Gasteiger partial charge in [-0.15, -0.1) is 0 Å². The van der Waals surface area contributed by atoms with Crippen molar-refractivity contribution in [2.75, 3.05) is 20.2 Å². The highest BCUT2D eigenvalue weighted by Gasteiger charge is 2.14. The number of nitrogens with one attached hydrogen (secondary N) is 2. The van der Waals surface area contributed by atoms with Crippen molar-refractivity contribution in [3.8, 4) is 11.5 Å². The van der Waals surface area contributed by atoms with E-state index in [2.05, 4.69) is 15.6 Å². The van der Waals surface area contributed by atoms with Gasteiger partial charge in [0, 0.05) is 40.4 Å². The van der Waals surface area contributed by atoms with Gasteiger partial charge in [0.25, 0.3) is 5.91 Å². The summed E-state index contributed by atoms with van der Waals surface area (Å²) in [6.45, 7) is 2.53. The first-order valence-electron chi connectivity index (χ1n) is 12.2. The summed E-state index contributed by atoms with van der Waals surface area (Å²) < 4.78 is 11.8. The van der Waals surface area contributed by atoms with Gasteiger partial charge in [-0.25, -0.2) is 4.98 Å². The Balaban J connectivity index is 1.30. The van der Waals surface area contributed by atoms with Gasteiger partial charge in [0.05, 0.1) is 11.6 Å². The highest BCUT2D eigenvalue weighted by molar-refractivity contribution is 6.36. The minimum Gasteiger partial charge on any atom is -0.490 e. The molecule has 2 N–H and O–H groups in total. The first kappa shape index (κ1) is 28.0. The van der Waals surface area contributed by atoms with E-state index < -0.39 is 0 Å². The molecule has 0 fully saturated rings. The van der Waals surface area contributed by atoms with Gasteiger partial charge < -0.3 is 20.1 Å². The predicted octanol–water partition coefficient (Wildman–Crippen LogP) is 6.00. The van der Waals surface area contributed by atoms with Crippen LogP contribution >= 0.6 is 23.2 Å². The van der Waals surface area contributed by atoms with Crippen LogP contribution in [0.25, 0.3) is 17.0 Å². The Morgan fingerprint density at radius 3 is 2.51 bits per heavy atom. The van der Waals surface area contributed by atoms with Gasteiger partial charge in [0.15, 0.2) is 0 Å². The van der Waals surface area contributed by atoms with Gasteiger partial charge in [-0.1, -0.05) is 53.5 Å². The first-order valence-corrected chi connectivity index (χ1v) is 13.0. The fourth-order valence-electron chi connectivity index (χ4n) is 3.76. The summed E-state index contributed by atoms with van der Waals surface area (Å²) in [6, 6.07) is 20.0. The molecule has 2 amide bonds. The van der Waals surface area contributed by atoms with Gasteiger partial charge in [-0.05, 0) is 55.0 Å². The number of hydrogen-bond acceptors (Lipinski definition) is 5. The lowest BCUT2D eigenvalue weighted by Crippen LogP contribution is -2.26. The van der Waals surface area contributed by atoms with Crippen molar-refractivity contribution >= 4 is 52.0 Å². The normalized spacial score (nSPS) is 11.0. The van der Waals surface area contributed by atoms with E-state index in [0.717, 1.165) is 22.2 Å². The molecule has 0 saturated carbocycles. The number of carbonyl (C=O) groups excluding carboxylic acids is 2. The lowest BCUT2D eigenvalue weighted by molar-refractivity contribution is -0.116. The number of fused-ring (bicyclic) bond motifs is 1. The second kappa shape index (κ2) is 13.1. The van der Waals surface area contributed by atoms with E-state index in [1.165, 1.54) is 6.08 Å². The van der Waals surface area contributed by atoms with E-state index in [1.54, 1.807) is 49.5 Å². The molecule has 0 spiro atoms. The summed E-state index contributed by atoms with van der Waals surface area (Å²) in [5.74, 6) is 0.630. The van der Waals surface area contributed by atoms with Crippen LogP contribution in [0.2, 0.25) is 10.0 Å². The van der Waals surface area contributed by atoms with Gasteiger partial charge >= 0.3 is 0 Å². The highest BCUT2D eigenvalue weighted by atomic mass is 35.5. The number of benzene rings is 3. The number of aromatic nitrogens is 1. The summed E-state index contributed by atoms with van der Waals surface area (Å²) in [4.78, 5) is 28.4. The predicted molar refractivity (Wildman–Crippen MR) is 155 cm³/mol. The van der Waals surface area contributed by atoms with Crippen LogP contribution < -0.4 is 20.1 Å². The molecule has 4 aromatic rings. The van der Waals surface area contributed by atoms with Crippen LogP contribution in [0.1, 0.15) is 27.2 Å². The monoisotopic (exact) mass is 563 g/mol. The maximum absolute atomic E-state index is 12.2. The van der Waals surface area contributed by atoms with Crippen molar-refractivity contribution in [1.29, 1.82) is 0 Å². The maximum Gasteiger partial charge on any atom is 0.251 e. The zero-order chi connectivity index (χ0) is 27.8. The lowest BCUT2D eigenvalue weighted by Gasteiger charge is -2.15. The van der Waals surface area contributed by atoms with Crippen LogP contribution in [0.5, 0.6) is 11.5 Å². The molecule has 3 aromatic carbocycles. The molecule has 0 aliphatic heterocycles. The van der Waals surface area contributed by atoms with Crippen molar-refractivity contribution in [3.63, 3.8) is 0 Å². The summed E-state index contributed by atoms with van der Waals surface area (Å²) in [5.41, 5.74) is 3.60. The number of hydrogen-bond donors (Lipinski definition) is 2. The molecule has 1 heterocycles. The third-order valence-electron chi connectivity index (χ3n) is 5.83. The number of amides is 2. The number of pyridine rings is 1. The van der Waals surface area contributed by atoms with E-state index in [0.29, 0.717) is 32.7 Å². The maximum atomic E-state index is 12.2. The molecule has 0 aliphatic carbocycles. The van der Waals surface area contributed by atoms with Gasteiger partial charge in [-0.2, -0.15) is 0 Å². The van der Waals surface area contributed by atoms with Crippen LogP contribution in [-0.4, -0.2) is 37.0 Å². The Hall–Kier alpha value is -4.07. The van der Waals surface area contributed by atoms with Crippen molar-refractivity contribution < 1.29 is 19.1 Å². The average Bonchev–Trinajstić information content (AvgIpc) is 2.95. The zero-order valence-corrected chi connectivity index (χ0v) is 23.0. The molecule has 4 rings (SSSR count). The molecule has 0 atom stereocenters. The molecular formula is C30H27Cl2N3O4. The number of nitrogens with zero attached hydrogens (tertiary/aromatic N) is 1. The molecule has 1 aromatic heterocycles. The van der Waals surface area contributed by atoms with Crippen LogP contribution in [0.4, 0.5) is 0 Å². The molecule has 7 nitrogen and oxygen atoms in total. The smallest absolute Gasteiger partial charge is 0.251 e. The molecule has 0 saturated heterocycles. The summed E-state index contributed by atoms with van der Waals surface area (Å²) >= 11 is 13.0. The van der Waals surface area contributed by atoms with Crippen LogP contribution in [0.15, 0.2) is 72.8 Å². The second-order valence-corrected chi connectivity index (χ2v) is 9.37. The van der Waals surface area contributed by atoms with E-state index in [4.69, 9.17) is 32.7 Å². The number of rotatable bonds is 10. The molecular weight excluding hydrogens is 537 g/mol. The Morgan fingerprint density at radius 2 is 1.74 bits per heavy atom. The fourth-order valence-corrected chi connectivity index (χ4v) is 4.29. The molecule has 0 bridgehead atoms. The Kier molecular flexibility index (Phi) is 9.41. The van der Waals surface area contributed by atoms with Crippen LogP contribution in [-0.2, 0) is 11.4 Å². The summed E-state index contributed by atoms with van der Waals surface area (Å²) in [7, 11) is 1.57. The Labute approximate surface area is 236 Å². The molecule has 9 heteroatoms. The molecule has 0 unspecified atom stereocenters. The number of carbonyl (C=O) groups is 2. The molecule has 0 aliphatic rings. The van der Waals surface area contributed by atoms with Crippen molar-refractivity contribution in [2.24, 2.45) is 0 Å². The van der Waals surface area contributed by atoms with E-state index in [1.807, 2.05) is 37.3 Å². The van der Waals surface area contributed by atoms with E-state index >= 15 is 0 Å². The third-order valence-corrected chi connectivity index (χ3v) is 6.60. The fraction of sp³-hybridized carbons (Fsp3) is 0.167. The topological polar surface area (TPSA) is 89.6 Å². The van der Waals surface area contributed by atoms with Gasteiger partial charge in [0.1, 0.15) is 30.2 Å². The third kappa shape index (κ3) is 7.28. The van der Waals surface area contributed by atoms with Crippen LogP contribution in [0, 0.1) is 6.92 Å². The highest BCUT2D eigenvalue weighted by Crippen LogP contribution is 2.35. The number of para-hydroxylation sites is 1. The van der Waals surface area contributed by atoms with Crippen molar-refractivity contribution in [2.45, 2.75) is 13.5 Å². The zero-order valence-electron chi connectivity index (χ0n) is 21.5. The van der Waals surface area contributed by atoms with Crippen molar-refractivity contribution in [3.05, 3.63) is 105 Å². The number of halogens is 2. The van der Waals surface area contributed by atoms with Crippen LogP contribution in [0.3, 0.4) is 0 Å². The summed E-state index contributed by atoms with van der Waals surface area (Å²) in [6.07, 6.45) is 3.09. The van der Waals surface area contributed by atoms with Gasteiger partial charge in [0.2, 0.25) is 5.91 Å². The lowest BCUT2D eigenvalue weighted by atomic mass is 10.1. The van der Waals surface area contributed by atoms with Gasteiger partial charge in [-0.3, -0.25) is 9.59 Å². The largest absolute Gasteiger partial charge is 0.490 e. The standard InChI is InChI=1S/C30H27Cl2N3O4/c1-19-6-10-21-4-3-5-26(29(21)35-19)39-18-23-24(31)13-14-25(28(23)32)38-17-16-34-27(36)15-9-20-7-11-22(12-8-20)30(37)33-2/h3-15H,16-18H2,1-2H3,(H,33,37)(H,34,36). The first-order chi connectivity index (χ1) is 18.9. The quantitative estimate of drug-likeness (QED) is 0.182. The number of aryl methyl sites for hydroxylation is 1. The summed E-state index contributed by atoms with van der Waals surface area (Å²) in [5, 5.41) is 7.10.